The molecular weight excluding hydrogens is 222 g/mol. The van der Waals surface area contributed by atoms with Crippen LogP contribution in [0.2, 0.25) is 0 Å². The molecule has 1 aromatic carbocycles. The molecule has 0 aliphatic heterocycles. The van der Waals surface area contributed by atoms with E-state index in [1.54, 1.807) is 0 Å². The second kappa shape index (κ2) is 8.28. The first kappa shape index (κ1) is 15.2. The molecule has 2 atom stereocenters. The summed E-state index contributed by atoms with van der Waals surface area (Å²) in [6.07, 6.45) is 2.51. The van der Waals surface area contributed by atoms with E-state index in [0.717, 1.165) is 19.4 Å². The Bertz CT molecular complexity index is 310. The fourth-order valence-electron chi connectivity index (χ4n) is 2.41. The van der Waals surface area contributed by atoms with E-state index in [9.17, 15) is 0 Å². The predicted octanol–water partition coefficient (Wildman–Crippen LogP) is 3.27. The second-order valence-electron chi connectivity index (χ2n) is 5.08. The Kier molecular flexibility index (Phi) is 6.99. The molecule has 1 N–H and O–H groups in total. The van der Waals surface area contributed by atoms with Gasteiger partial charge in [-0.05, 0) is 38.3 Å². The molecule has 0 radical (unpaired) electrons. The van der Waals surface area contributed by atoms with E-state index in [2.05, 4.69) is 56.4 Å². The third-order valence-corrected chi connectivity index (χ3v) is 3.37. The van der Waals surface area contributed by atoms with Crippen LogP contribution in [-0.4, -0.2) is 25.8 Å². The summed E-state index contributed by atoms with van der Waals surface area (Å²) < 4.78 is 5.88. The Hall–Kier alpha value is -0.860. The van der Waals surface area contributed by atoms with Crippen molar-refractivity contribution in [2.24, 2.45) is 5.92 Å². The molecule has 1 rings (SSSR count). The molecule has 0 aliphatic rings. The van der Waals surface area contributed by atoms with Gasteiger partial charge in [0, 0.05) is 12.6 Å². The lowest BCUT2D eigenvalue weighted by Gasteiger charge is -2.30. The Morgan fingerprint density at radius 1 is 1.17 bits per heavy atom. The fraction of sp³-hybridized carbons (Fsp3) is 0.625. The molecule has 0 bridgehead atoms. The lowest BCUT2D eigenvalue weighted by molar-refractivity contribution is 0.00337. The number of likely N-dealkylation sites (N-methyl/N-ethyl adjacent to an activating group) is 1. The van der Waals surface area contributed by atoms with Crippen molar-refractivity contribution in [3.63, 3.8) is 0 Å². The summed E-state index contributed by atoms with van der Waals surface area (Å²) in [5, 5.41) is 3.41. The molecule has 0 spiro atoms. The van der Waals surface area contributed by atoms with Crippen LogP contribution in [0.15, 0.2) is 30.3 Å². The third kappa shape index (κ3) is 4.79. The highest BCUT2D eigenvalue weighted by Crippen LogP contribution is 2.16. The van der Waals surface area contributed by atoms with Crippen LogP contribution in [0.25, 0.3) is 0 Å². The maximum atomic E-state index is 5.88. The molecule has 1 aromatic rings. The molecule has 0 saturated heterocycles. The minimum absolute atomic E-state index is 0.295. The molecule has 2 unspecified atom stereocenters. The van der Waals surface area contributed by atoms with Crippen molar-refractivity contribution in [1.29, 1.82) is 0 Å². The van der Waals surface area contributed by atoms with Crippen LogP contribution in [-0.2, 0) is 11.2 Å². The first-order valence-electron chi connectivity index (χ1n) is 7.01. The highest BCUT2D eigenvalue weighted by Gasteiger charge is 2.23. The summed E-state index contributed by atoms with van der Waals surface area (Å²) in [5.41, 5.74) is 1.40. The Labute approximate surface area is 112 Å². The zero-order chi connectivity index (χ0) is 13.4. The topological polar surface area (TPSA) is 21.3 Å². The van der Waals surface area contributed by atoms with E-state index in [1.807, 2.05) is 7.05 Å². The summed E-state index contributed by atoms with van der Waals surface area (Å²) >= 11 is 0. The lowest BCUT2D eigenvalue weighted by atomic mass is 9.94. The van der Waals surface area contributed by atoms with E-state index >= 15 is 0 Å². The van der Waals surface area contributed by atoms with Crippen LogP contribution in [0, 0.1) is 5.92 Å². The summed E-state index contributed by atoms with van der Waals surface area (Å²) in [7, 11) is 2.03. The molecule has 18 heavy (non-hydrogen) atoms. The van der Waals surface area contributed by atoms with E-state index < -0.39 is 0 Å². The molecule has 0 aromatic heterocycles. The molecule has 2 nitrogen and oxygen atoms in total. The standard InChI is InChI=1S/C16H27NO/c1-5-18-16(13(2)3)15(17-4)12-11-14-9-7-6-8-10-14/h6-10,13,15-17H,5,11-12H2,1-4H3. The number of rotatable bonds is 8. The van der Waals surface area contributed by atoms with Gasteiger partial charge in [0.05, 0.1) is 6.10 Å². The maximum Gasteiger partial charge on any atom is 0.0750 e. The van der Waals surface area contributed by atoms with Gasteiger partial charge in [-0.2, -0.15) is 0 Å². The molecule has 0 saturated carbocycles. The van der Waals surface area contributed by atoms with E-state index in [4.69, 9.17) is 4.74 Å². The van der Waals surface area contributed by atoms with Gasteiger partial charge < -0.3 is 10.1 Å². The van der Waals surface area contributed by atoms with Gasteiger partial charge in [0.1, 0.15) is 0 Å². The SMILES string of the molecule is CCOC(C(C)C)C(CCc1ccccc1)NC. The zero-order valence-electron chi connectivity index (χ0n) is 12.1. The van der Waals surface area contributed by atoms with Gasteiger partial charge >= 0.3 is 0 Å². The maximum absolute atomic E-state index is 5.88. The molecule has 0 fully saturated rings. The van der Waals surface area contributed by atoms with Crippen molar-refractivity contribution in [2.75, 3.05) is 13.7 Å². The van der Waals surface area contributed by atoms with E-state index in [1.165, 1.54) is 5.56 Å². The van der Waals surface area contributed by atoms with Crippen LogP contribution in [0.5, 0.6) is 0 Å². The average Bonchev–Trinajstić information content (AvgIpc) is 2.39. The van der Waals surface area contributed by atoms with Gasteiger partial charge in [-0.1, -0.05) is 44.2 Å². The fourth-order valence-corrected chi connectivity index (χ4v) is 2.41. The van der Waals surface area contributed by atoms with Crippen molar-refractivity contribution in [3.8, 4) is 0 Å². The predicted molar refractivity (Wildman–Crippen MR) is 77.9 cm³/mol. The van der Waals surface area contributed by atoms with Gasteiger partial charge in [0.15, 0.2) is 0 Å². The Balaban J connectivity index is 2.54. The summed E-state index contributed by atoms with van der Waals surface area (Å²) in [6.45, 7) is 7.31. The largest absolute Gasteiger partial charge is 0.377 e. The number of hydrogen-bond donors (Lipinski definition) is 1. The summed E-state index contributed by atoms with van der Waals surface area (Å²) in [6, 6.07) is 11.1. The van der Waals surface area contributed by atoms with Gasteiger partial charge in [-0.25, -0.2) is 0 Å². The third-order valence-electron chi connectivity index (χ3n) is 3.37. The quantitative estimate of drug-likeness (QED) is 0.763. The van der Waals surface area contributed by atoms with Crippen molar-refractivity contribution in [1.82, 2.24) is 5.32 Å². The van der Waals surface area contributed by atoms with Gasteiger partial charge in [-0.3, -0.25) is 0 Å². The van der Waals surface area contributed by atoms with Crippen molar-refractivity contribution < 1.29 is 4.74 Å². The number of hydrogen-bond acceptors (Lipinski definition) is 2. The number of aryl methyl sites for hydroxylation is 1. The number of nitrogens with one attached hydrogen (secondary N) is 1. The number of ether oxygens (including phenoxy) is 1. The highest BCUT2D eigenvalue weighted by molar-refractivity contribution is 5.14. The average molecular weight is 249 g/mol. The van der Waals surface area contributed by atoms with Crippen LogP contribution in [0.3, 0.4) is 0 Å². The van der Waals surface area contributed by atoms with Crippen LogP contribution < -0.4 is 5.32 Å². The summed E-state index contributed by atoms with van der Waals surface area (Å²) in [4.78, 5) is 0. The van der Waals surface area contributed by atoms with Crippen molar-refractivity contribution in [3.05, 3.63) is 35.9 Å². The zero-order valence-corrected chi connectivity index (χ0v) is 12.1. The summed E-state index contributed by atoms with van der Waals surface area (Å²) in [5.74, 6) is 0.540. The molecule has 2 heteroatoms. The lowest BCUT2D eigenvalue weighted by Crippen LogP contribution is -2.43. The Morgan fingerprint density at radius 2 is 1.83 bits per heavy atom. The Morgan fingerprint density at radius 3 is 2.33 bits per heavy atom. The molecule has 0 aliphatic carbocycles. The second-order valence-corrected chi connectivity index (χ2v) is 5.08. The molecule has 0 heterocycles. The smallest absolute Gasteiger partial charge is 0.0750 e. The number of benzene rings is 1. The van der Waals surface area contributed by atoms with Crippen LogP contribution >= 0.6 is 0 Å². The minimum Gasteiger partial charge on any atom is -0.377 e. The first-order chi connectivity index (χ1) is 8.69. The van der Waals surface area contributed by atoms with Crippen molar-refractivity contribution in [2.45, 2.75) is 45.8 Å². The molecular formula is C16H27NO. The molecule has 0 amide bonds. The van der Waals surface area contributed by atoms with Gasteiger partial charge in [0.2, 0.25) is 0 Å². The first-order valence-corrected chi connectivity index (χ1v) is 7.01. The van der Waals surface area contributed by atoms with Crippen molar-refractivity contribution >= 4 is 0 Å². The normalized spacial score (nSPS) is 14.7. The van der Waals surface area contributed by atoms with Crippen LogP contribution in [0.1, 0.15) is 32.8 Å². The van der Waals surface area contributed by atoms with E-state index in [0.29, 0.717) is 18.1 Å². The highest BCUT2D eigenvalue weighted by atomic mass is 16.5. The van der Waals surface area contributed by atoms with Crippen LogP contribution in [0.4, 0.5) is 0 Å². The van der Waals surface area contributed by atoms with Gasteiger partial charge in [0.25, 0.3) is 0 Å². The monoisotopic (exact) mass is 249 g/mol. The minimum atomic E-state index is 0.295. The van der Waals surface area contributed by atoms with E-state index in [-0.39, 0.29) is 0 Å². The molecule has 102 valence electrons. The van der Waals surface area contributed by atoms with Gasteiger partial charge in [-0.15, -0.1) is 0 Å².